The van der Waals surface area contributed by atoms with Crippen LogP contribution in [0.2, 0.25) is 0 Å². The Bertz CT molecular complexity index is 1050. The molecule has 1 heterocycles. The van der Waals surface area contributed by atoms with Gasteiger partial charge < -0.3 is 5.32 Å². The summed E-state index contributed by atoms with van der Waals surface area (Å²) in [5.41, 5.74) is 0.809. The van der Waals surface area contributed by atoms with Gasteiger partial charge in [0.1, 0.15) is 0 Å². The van der Waals surface area contributed by atoms with E-state index in [1.807, 2.05) is 24.3 Å². The van der Waals surface area contributed by atoms with Crippen molar-refractivity contribution in [3.8, 4) is 0 Å². The summed E-state index contributed by atoms with van der Waals surface area (Å²) in [5.74, 6) is -0.242. The van der Waals surface area contributed by atoms with Crippen LogP contribution in [-0.4, -0.2) is 31.4 Å². The van der Waals surface area contributed by atoms with E-state index in [0.717, 1.165) is 15.2 Å². The van der Waals surface area contributed by atoms with E-state index in [4.69, 9.17) is 0 Å². The number of carbonyl (C=O) groups is 1. The third-order valence-corrected chi connectivity index (χ3v) is 6.70. The first-order valence-corrected chi connectivity index (χ1v) is 11.2. The molecular formula is C20H23N3O3S2. The van der Waals surface area contributed by atoms with Crippen molar-refractivity contribution in [2.24, 2.45) is 0 Å². The average Bonchev–Trinajstić information content (AvgIpc) is 3.02. The van der Waals surface area contributed by atoms with Crippen LogP contribution in [0.4, 0.5) is 0 Å². The normalized spacial score (nSPS) is 12.2. The summed E-state index contributed by atoms with van der Waals surface area (Å²) in [6, 6.07) is 13.8. The number of sulfonamides is 1. The summed E-state index contributed by atoms with van der Waals surface area (Å²) in [4.78, 5) is 17.0. The zero-order valence-corrected chi connectivity index (χ0v) is 17.7. The average molecular weight is 418 g/mol. The van der Waals surface area contributed by atoms with E-state index in [2.05, 4.69) is 15.0 Å². The maximum Gasteiger partial charge on any atom is 0.251 e. The van der Waals surface area contributed by atoms with Crippen molar-refractivity contribution in [3.63, 3.8) is 0 Å². The minimum Gasteiger partial charge on any atom is -0.352 e. The molecule has 0 aliphatic rings. The lowest BCUT2D eigenvalue weighted by molar-refractivity contribution is 0.0954. The van der Waals surface area contributed by atoms with E-state index in [0.29, 0.717) is 18.5 Å². The highest BCUT2D eigenvalue weighted by Crippen LogP contribution is 2.21. The third-order valence-electron chi connectivity index (χ3n) is 3.83. The van der Waals surface area contributed by atoms with Gasteiger partial charge in [0.2, 0.25) is 10.0 Å². The maximum absolute atomic E-state index is 12.3. The minimum atomic E-state index is -3.61. The minimum absolute atomic E-state index is 0.133. The molecule has 8 heteroatoms. The molecule has 148 valence electrons. The molecule has 0 radical (unpaired) electrons. The fraction of sp³-hybridized carbons (Fsp3) is 0.300. The standard InChI is InChI=1S/C20H23N3O3S2/c1-20(2,3)23-28(25,26)15-10-8-14(9-11-15)19(24)21-13-12-18-22-16-6-4-5-7-17(16)27-18/h4-11,23H,12-13H2,1-3H3,(H,21,24). The van der Waals surface area contributed by atoms with Crippen molar-refractivity contribution >= 4 is 37.5 Å². The number of carbonyl (C=O) groups excluding carboxylic acids is 1. The number of nitrogens with zero attached hydrogens (tertiary/aromatic N) is 1. The number of hydrogen-bond acceptors (Lipinski definition) is 5. The number of amides is 1. The molecule has 28 heavy (non-hydrogen) atoms. The molecule has 1 aromatic heterocycles. The van der Waals surface area contributed by atoms with Crippen LogP contribution >= 0.6 is 11.3 Å². The molecule has 0 saturated heterocycles. The molecule has 3 aromatic rings. The zero-order valence-electron chi connectivity index (χ0n) is 16.0. The molecule has 3 rings (SSSR count). The Labute approximate surface area is 169 Å². The highest BCUT2D eigenvalue weighted by molar-refractivity contribution is 7.89. The number of para-hydroxylation sites is 1. The van der Waals surface area contributed by atoms with Gasteiger partial charge >= 0.3 is 0 Å². The van der Waals surface area contributed by atoms with E-state index < -0.39 is 15.6 Å². The SMILES string of the molecule is CC(C)(C)NS(=O)(=O)c1ccc(C(=O)NCCc2nc3ccccc3s2)cc1. The van der Waals surface area contributed by atoms with Crippen molar-refractivity contribution in [1.29, 1.82) is 0 Å². The first-order chi connectivity index (χ1) is 13.1. The molecule has 0 spiro atoms. The number of hydrogen-bond donors (Lipinski definition) is 2. The van der Waals surface area contributed by atoms with Crippen LogP contribution in [-0.2, 0) is 16.4 Å². The van der Waals surface area contributed by atoms with E-state index in [1.54, 1.807) is 32.1 Å². The Morgan fingerprint density at radius 1 is 1.07 bits per heavy atom. The first-order valence-electron chi connectivity index (χ1n) is 8.91. The highest BCUT2D eigenvalue weighted by Gasteiger charge is 2.22. The van der Waals surface area contributed by atoms with Gasteiger partial charge in [0.25, 0.3) is 5.91 Å². The molecule has 6 nitrogen and oxygen atoms in total. The molecule has 0 fully saturated rings. The lowest BCUT2D eigenvalue weighted by Gasteiger charge is -2.20. The van der Waals surface area contributed by atoms with Crippen molar-refractivity contribution in [2.75, 3.05) is 6.54 Å². The van der Waals surface area contributed by atoms with Crippen molar-refractivity contribution < 1.29 is 13.2 Å². The Hall–Kier alpha value is -2.29. The number of fused-ring (bicyclic) bond motifs is 1. The second kappa shape index (κ2) is 7.98. The number of aromatic nitrogens is 1. The number of thiazole rings is 1. The molecule has 2 N–H and O–H groups in total. The summed E-state index contributed by atoms with van der Waals surface area (Å²) in [7, 11) is -3.61. The monoisotopic (exact) mass is 417 g/mol. The summed E-state index contributed by atoms with van der Waals surface area (Å²) >= 11 is 1.62. The topological polar surface area (TPSA) is 88.2 Å². The van der Waals surface area contributed by atoms with Crippen LogP contribution in [0.15, 0.2) is 53.4 Å². The van der Waals surface area contributed by atoms with Crippen LogP contribution in [0.1, 0.15) is 36.1 Å². The summed E-state index contributed by atoms with van der Waals surface area (Å²) in [6.45, 7) is 5.79. The van der Waals surface area contributed by atoms with E-state index in [1.165, 1.54) is 24.3 Å². The predicted molar refractivity (Wildman–Crippen MR) is 112 cm³/mol. The Morgan fingerprint density at radius 2 is 1.75 bits per heavy atom. The zero-order chi connectivity index (χ0) is 20.4. The molecule has 0 aliphatic heterocycles. The smallest absolute Gasteiger partial charge is 0.251 e. The largest absolute Gasteiger partial charge is 0.352 e. The molecule has 1 amide bonds. The molecule has 0 saturated carbocycles. The molecule has 2 aromatic carbocycles. The predicted octanol–water partition coefficient (Wildman–Crippen LogP) is 3.35. The molecule has 0 aliphatic carbocycles. The van der Waals surface area contributed by atoms with E-state index in [-0.39, 0.29) is 10.8 Å². The van der Waals surface area contributed by atoms with Crippen molar-refractivity contribution in [2.45, 2.75) is 37.6 Å². The summed E-state index contributed by atoms with van der Waals surface area (Å²) in [5, 5.41) is 3.82. The van der Waals surface area contributed by atoms with Crippen LogP contribution in [0, 0.1) is 0 Å². The number of benzene rings is 2. The first kappa shape index (κ1) is 20.4. The molecule has 0 atom stereocenters. The summed E-state index contributed by atoms with van der Waals surface area (Å²) < 4.78 is 28.3. The number of nitrogens with one attached hydrogen (secondary N) is 2. The molecule has 0 bridgehead atoms. The van der Waals surface area contributed by atoms with Gasteiger partial charge in [-0.15, -0.1) is 11.3 Å². The van der Waals surface area contributed by atoms with Gasteiger partial charge in [-0.3, -0.25) is 4.79 Å². The Kier molecular flexibility index (Phi) is 5.83. The lowest BCUT2D eigenvalue weighted by atomic mass is 10.1. The lowest BCUT2D eigenvalue weighted by Crippen LogP contribution is -2.40. The van der Waals surface area contributed by atoms with Crippen molar-refractivity contribution in [3.05, 3.63) is 59.1 Å². The maximum atomic E-state index is 12.3. The number of rotatable bonds is 6. The van der Waals surface area contributed by atoms with Gasteiger partial charge in [0.15, 0.2) is 0 Å². The van der Waals surface area contributed by atoms with Gasteiger partial charge in [0, 0.05) is 24.1 Å². The Balaban J connectivity index is 1.58. The van der Waals surface area contributed by atoms with Gasteiger partial charge in [0.05, 0.1) is 20.1 Å². The third kappa shape index (κ3) is 5.15. The van der Waals surface area contributed by atoms with Crippen LogP contribution in [0.3, 0.4) is 0 Å². The van der Waals surface area contributed by atoms with E-state index >= 15 is 0 Å². The van der Waals surface area contributed by atoms with Crippen LogP contribution < -0.4 is 10.0 Å². The second-order valence-electron chi connectivity index (χ2n) is 7.46. The van der Waals surface area contributed by atoms with E-state index in [9.17, 15) is 13.2 Å². The molecular weight excluding hydrogens is 394 g/mol. The van der Waals surface area contributed by atoms with Crippen LogP contribution in [0.25, 0.3) is 10.2 Å². The van der Waals surface area contributed by atoms with Crippen LogP contribution in [0.5, 0.6) is 0 Å². The fourth-order valence-corrected chi connectivity index (χ4v) is 5.04. The van der Waals surface area contributed by atoms with Gasteiger partial charge in [-0.1, -0.05) is 12.1 Å². The molecule has 0 unspecified atom stereocenters. The highest BCUT2D eigenvalue weighted by atomic mass is 32.2. The van der Waals surface area contributed by atoms with Gasteiger partial charge in [-0.2, -0.15) is 0 Å². The summed E-state index contributed by atoms with van der Waals surface area (Å²) in [6.07, 6.45) is 0.646. The van der Waals surface area contributed by atoms with Gasteiger partial charge in [-0.25, -0.2) is 18.1 Å². The Morgan fingerprint density at radius 3 is 2.39 bits per heavy atom. The fourth-order valence-electron chi connectivity index (χ4n) is 2.66. The van der Waals surface area contributed by atoms with Gasteiger partial charge in [-0.05, 0) is 57.2 Å². The quantitative estimate of drug-likeness (QED) is 0.644. The van der Waals surface area contributed by atoms with Crippen molar-refractivity contribution in [1.82, 2.24) is 15.0 Å². The second-order valence-corrected chi connectivity index (χ2v) is 10.3.